The Morgan fingerprint density at radius 1 is 1.08 bits per heavy atom. The van der Waals surface area contributed by atoms with Crippen LogP contribution in [0.3, 0.4) is 0 Å². The summed E-state index contributed by atoms with van der Waals surface area (Å²) in [6.07, 6.45) is 0. The molecule has 0 unspecified atom stereocenters. The van der Waals surface area contributed by atoms with E-state index in [-0.39, 0.29) is 16.8 Å². The van der Waals surface area contributed by atoms with Crippen LogP contribution < -0.4 is 5.32 Å². The van der Waals surface area contributed by atoms with Crippen molar-refractivity contribution >= 4 is 33.4 Å². The van der Waals surface area contributed by atoms with Crippen molar-refractivity contribution in [2.24, 2.45) is 0 Å². The fraction of sp³-hybridized carbons (Fsp3) is 0.118. The van der Waals surface area contributed by atoms with Crippen molar-refractivity contribution < 1.29 is 17.6 Å². The third-order valence-electron chi connectivity index (χ3n) is 3.46. The van der Waals surface area contributed by atoms with Gasteiger partial charge in [-0.3, -0.25) is 10.1 Å². The number of nitrogens with zero attached hydrogens (tertiary/aromatic N) is 2. The quantitative estimate of drug-likeness (QED) is 0.716. The average molecular weight is 392 g/mol. The maximum absolute atomic E-state index is 12.2. The number of carbonyl (C=O) groups is 1. The van der Waals surface area contributed by atoms with Gasteiger partial charge >= 0.3 is 6.01 Å². The van der Waals surface area contributed by atoms with Crippen molar-refractivity contribution in [2.75, 3.05) is 11.1 Å². The molecule has 0 fully saturated rings. The number of amides is 1. The highest BCUT2D eigenvalue weighted by molar-refractivity contribution is 7.92. The van der Waals surface area contributed by atoms with Crippen molar-refractivity contribution in [3.8, 4) is 11.5 Å². The van der Waals surface area contributed by atoms with Crippen LogP contribution in [0.5, 0.6) is 0 Å². The summed E-state index contributed by atoms with van der Waals surface area (Å²) in [4.78, 5) is 12.0. The Balaban J connectivity index is 1.68. The lowest BCUT2D eigenvalue weighted by molar-refractivity contribution is -0.114. The first-order chi connectivity index (χ1) is 12.3. The van der Waals surface area contributed by atoms with E-state index in [4.69, 9.17) is 16.0 Å². The first-order valence-electron chi connectivity index (χ1n) is 7.52. The number of carbonyl (C=O) groups excluding carboxylic acids is 1. The number of aromatic nitrogens is 2. The smallest absolute Gasteiger partial charge is 0.322 e. The Kier molecular flexibility index (Phi) is 5.06. The molecule has 2 aromatic carbocycles. The lowest BCUT2D eigenvalue weighted by Gasteiger charge is -2.04. The molecule has 0 aliphatic rings. The molecular weight excluding hydrogens is 378 g/mol. The highest BCUT2D eigenvalue weighted by Crippen LogP contribution is 2.20. The Labute approximate surface area is 154 Å². The molecule has 0 saturated heterocycles. The van der Waals surface area contributed by atoms with Crippen LogP contribution >= 0.6 is 11.6 Å². The van der Waals surface area contributed by atoms with E-state index in [2.05, 4.69) is 15.5 Å². The Hall–Kier alpha value is -2.71. The summed E-state index contributed by atoms with van der Waals surface area (Å²) in [5, 5.41) is 10.2. The molecule has 3 rings (SSSR count). The molecule has 26 heavy (non-hydrogen) atoms. The zero-order valence-corrected chi connectivity index (χ0v) is 15.2. The molecule has 0 spiro atoms. The molecule has 9 heteroatoms. The second kappa shape index (κ2) is 7.27. The van der Waals surface area contributed by atoms with E-state index < -0.39 is 21.5 Å². The third kappa shape index (κ3) is 4.27. The van der Waals surface area contributed by atoms with Gasteiger partial charge in [-0.15, -0.1) is 5.10 Å². The van der Waals surface area contributed by atoms with Gasteiger partial charge in [0.15, 0.2) is 9.84 Å². The van der Waals surface area contributed by atoms with Crippen molar-refractivity contribution in [2.45, 2.75) is 11.8 Å². The molecule has 0 saturated carbocycles. The van der Waals surface area contributed by atoms with Gasteiger partial charge in [0.05, 0.1) is 4.90 Å². The third-order valence-corrected chi connectivity index (χ3v) is 5.35. The molecule has 0 radical (unpaired) electrons. The van der Waals surface area contributed by atoms with Crippen LogP contribution in [0, 0.1) is 6.92 Å². The molecule has 7 nitrogen and oxygen atoms in total. The molecule has 3 aromatic rings. The zero-order chi connectivity index (χ0) is 18.7. The van der Waals surface area contributed by atoms with E-state index in [0.29, 0.717) is 10.6 Å². The van der Waals surface area contributed by atoms with Gasteiger partial charge < -0.3 is 4.42 Å². The molecule has 1 aromatic heterocycles. The van der Waals surface area contributed by atoms with E-state index in [0.717, 1.165) is 5.56 Å². The first-order valence-corrected chi connectivity index (χ1v) is 9.55. The maximum Gasteiger partial charge on any atom is 0.322 e. The number of halogens is 1. The molecule has 1 N–H and O–H groups in total. The minimum Gasteiger partial charge on any atom is -0.403 e. The fourth-order valence-electron chi connectivity index (χ4n) is 2.14. The molecule has 0 aliphatic carbocycles. The van der Waals surface area contributed by atoms with Crippen LogP contribution in [0.2, 0.25) is 5.02 Å². The Morgan fingerprint density at radius 3 is 2.38 bits per heavy atom. The minimum absolute atomic E-state index is 0.00271. The van der Waals surface area contributed by atoms with E-state index in [1.54, 1.807) is 12.1 Å². The number of hydrogen-bond donors (Lipinski definition) is 1. The van der Waals surface area contributed by atoms with Crippen LogP contribution in [0.1, 0.15) is 5.56 Å². The molecule has 1 amide bonds. The average Bonchev–Trinajstić information content (AvgIpc) is 3.03. The zero-order valence-electron chi connectivity index (χ0n) is 13.6. The fourth-order valence-corrected chi connectivity index (χ4v) is 3.40. The number of anilines is 1. The van der Waals surface area contributed by atoms with Crippen molar-refractivity contribution in [1.29, 1.82) is 0 Å². The Morgan fingerprint density at radius 2 is 1.73 bits per heavy atom. The van der Waals surface area contributed by atoms with Gasteiger partial charge in [0.25, 0.3) is 0 Å². The highest BCUT2D eigenvalue weighted by Gasteiger charge is 2.21. The second-order valence-electron chi connectivity index (χ2n) is 5.54. The molecule has 0 bridgehead atoms. The van der Waals surface area contributed by atoms with E-state index in [9.17, 15) is 13.2 Å². The monoisotopic (exact) mass is 391 g/mol. The van der Waals surface area contributed by atoms with Crippen LogP contribution in [0.15, 0.2) is 57.8 Å². The van der Waals surface area contributed by atoms with Crippen LogP contribution in [0.25, 0.3) is 11.5 Å². The summed E-state index contributed by atoms with van der Waals surface area (Å²) >= 11 is 5.73. The van der Waals surface area contributed by atoms with Gasteiger partial charge in [0, 0.05) is 10.6 Å². The van der Waals surface area contributed by atoms with Gasteiger partial charge in [-0.05, 0) is 43.3 Å². The molecule has 134 valence electrons. The van der Waals surface area contributed by atoms with E-state index >= 15 is 0 Å². The van der Waals surface area contributed by atoms with Gasteiger partial charge in [-0.2, -0.15) is 0 Å². The summed E-state index contributed by atoms with van der Waals surface area (Å²) in [5.41, 5.74) is 1.77. The number of nitrogens with one attached hydrogen (secondary N) is 1. The van der Waals surface area contributed by atoms with Crippen molar-refractivity contribution in [1.82, 2.24) is 10.2 Å². The van der Waals surface area contributed by atoms with Gasteiger partial charge in [-0.25, -0.2) is 8.42 Å². The number of rotatable bonds is 5. The molecular formula is C17H14ClN3O4S. The Bertz CT molecular complexity index is 1030. The van der Waals surface area contributed by atoms with Gasteiger partial charge in [0.2, 0.25) is 11.8 Å². The minimum atomic E-state index is -3.81. The predicted octanol–water partition coefficient (Wildman–Crippen LogP) is 3.11. The summed E-state index contributed by atoms with van der Waals surface area (Å²) in [6, 6.07) is 12.8. The topological polar surface area (TPSA) is 102 Å². The first kappa shape index (κ1) is 18.1. The number of hydrogen-bond acceptors (Lipinski definition) is 6. The summed E-state index contributed by atoms with van der Waals surface area (Å²) in [6.45, 7) is 1.95. The second-order valence-corrected chi connectivity index (χ2v) is 7.97. The standard InChI is InChI=1S/C17H14ClN3O4S/c1-11-2-4-12(5-3-11)16-20-21-17(25-16)19-15(22)10-26(23,24)14-8-6-13(18)7-9-14/h2-9H,10H2,1H3,(H,19,21,22). The van der Waals surface area contributed by atoms with Crippen LogP contribution in [-0.2, 0) is 14.6 Å². The summed E-state index contributed by atoms with van der Waals surface area (Å²) in [7, 11) is -3.81. The molecule has 0 atom stereocenters. The maximum atomic E-state index is 12.2. The van der Waals surface area contributed by atoms with E-state index in [1.165, 1.54) is 24.3 Å². The largest absolute Gasteiger partial charge is 0.403 e. The lowest BCUT2D eigenvalue weighted by atomic mass is 10.1. The highest BCUT2D eigenvalue weighted by atomic mass is 35.5. The molecule has 1 heterocycles. The lowest BCUT2D eigenvalue weighted by Crippen LogP contribution is -2.23. The number of sulfone groups is 1. The van der Waals surface area contributed by atoms with E-state index in [1.807, 2.05) is 19.1 Å². The van der Waals surface area contributed by atoms with Gasteiger partial charge in [0.1, 0.15) is 5.75 Å². The normalized spacial score (nSPS) is 11.3. The van der Waals surface area contributed by atoms with Gasteiger partial charge in [-0.1, -0.05) is 34.4 Å². The summed E-state index contributed by atoms with van der Waals surface area (Å²) in [5.74, 6) is -1.31. The molecule has 0 aliphatic heterocycles. The van der Waals surface area contributed by atoms with Crippen molar-refractivity contribution in [3.63, 3.8) is 0 Å². The van der Waals surface area contributed by atoms with Crippen LogP contribution in [0.4, 0.5) is 6.01 Å². The SMILES string of the molecule is Cc1ccc(-c2nnc(NC(=O)CS(=O)(=O)c3ccc(Cl)cc3)o2)cc1. The number of aryl methyl sites for hydroxylation is 1. The van der Waals surface area contributed by atoms with Crippen LogP contribution in [-0.4, -0.2) is 30.3 Å². The summed E-state index contributed by atoms with van der Waals surface area (Å²) < 4.78 is 29.8. The van der Waals surface area contributed by atoms with Crippen molar-refractivity contribution in [3.05, 3.63) is 59.1 Å². The predicted molar refractivity (Wildman–Crippen MR) is 96.6 cm³/mol. The number of benzene rings is 2.